The van der Waals surface area contributed by atoms with E-state index >= 15 is 0 Å². The van der Waals surface area contributed by atoms with Crippen LogP contribution in [-0.2, 0) is 20.0 Å². The third-order valence-electron chi connectivity index (χ3n) is 4.63. The molecule has 0 amide bonds. The van der Waals surface area contributed by atoms with Gasteiger partial charge in [-0.1, -0.05) is 6.07 Å². The van der Waals surface area contributed by atoms with Crippen molar-refractivity contribution in [1.82, 2.24) is 14.7 Å². The number of benzene rings is 1. The van der Waals surface area contributed by atoms with Crippen LogP contribution in [0.3, 0.4) is 0 Å². The molecule has 0 N–H and O–H groups in total. The van der Waals surface area contributed by atoms with Crippen LogP contribution < -0.4 is 0 Å². The average molecular weight is 319 g/mol. The van der Waals surface area contributed by atoms with E-state index in [0.29, 0.717) is 12.3 Å². The molecule has 124 valence electrons. The molecule has 0 saturated carbocycles. The summed E-state index contributed by atoms with van der Waals surface area (Å²) in [6.07, 6.45) is 7.53. The third-order valence-corrected chi connectivity index (χ3v) is 4.63. The molecule has 2 aromatic rings. The quantitative estimate of drug-likeness (QED) is 0.840. The van der Waals surface area contributed by atoms with E-state index in [1.807, 2.05) is 24.1 Å². The molecule has 1 saturated heterocycles. The fourth-order valence-corrected chi connectivity index (χ4v) is 3.46. The second-order valence-electron chi connectivity index (χ2n) is 6.50. The van der Waals surface area contributed by atoms with Gasteiger partial charge < -0.3 is 0 Å². The number of nitrogens with zero attached hydrogens (tertiary/aromatic N) is 3. The minimum atomic E-state index is -0.423. The molecule has 3 rings (SSSR count). The van der Waals surface area contributed by atoms with Crippen molar-refractivity contribution in [2.24, 2.45) is 13.0 Å². The molecule has 0 spiro atoms. The van der Waals surface area contributed by atoms with Crippen molar-refractivity contribution in [3.05, 3.63) is 53.4 Å². The van der Waals surface area contributed by atoms with Crippen LogP contribution in [0.1, 0.15) is 30.4 Å². The molecule has 1 aromatic heterocycles. The minimum absolute atomic E-state index is 0.233. The van der Waals surface area contributed by atoms with Gasteiger partial charge >= 0.3 is 0 Å². The number of likely N-dealkylation sites (tertiary alicyclic amines) is 1. The van der Waals surface area contributed by atoms with E-state index in [4.69, 9.17) is 0 Å². The van der Waals surface area contributed by atoms with Gasteiger partial charge in [0.25, 0.3) is 0 Å². The Bertz CT molecular complexity index is 633. The van der Waals surface area contributed by atoms with Gasteiger partial charge in [-0.3, -0.25) is 9.58 Å². The lowest BCUT2D eigenvalue weighted by Crippen LogP contribution is -2.35. The number of rotatable bonds is 5. The van der Waals surface area contributed by atoms with Gasteiger partial charge in [-0.15, -0.1) is 0 Å². The van der Waals surface area contributed by atoms with Crippen molar-refractivity contribution < 1.29 is 8.78 Å². The van der Waals surface area contributed by atoms with Crippen LogP contribution in [0.5, 0.6) is 0 Å². The largest absolute Gasteiger partial charge is 0.299 e. The predicted octanol–water partition coefficient (Wildman–Crippen LogP) is 3.54. The summed E-state index contributed by atoms with van der Waals surface area (Å²) in [6.45, 7) is 2.98. The molecule has 1 fully saturated rings. The van der Waals surface area contributed by atoms with E-state index in [2.05, 4.69) is 10.00 Å². The fourth-order valence-electron chi connectivity index (χ4n) is 3.46. The molecular weight excluding hydrogens is 296 g/mol. The normalized spacial score (nSPS) is 19.2. The van der Waals surface area contributed by atoms with Crippen molar-refractivity contribution in [1.29, 1.82) is 0 Å². The SMILES string of the molecule is Cn1cc(CN2CCC[C@@H](CCc3c(F)cccc3F)C2)cn1. The molecule has 0 aliphatic carbocycles. The highest BCUT2D eigenvalue weighted by molar-refractivity contribution is 5.19. The lowest BCUT2D eigenvalue weighted by atomic mass is 9.91. The van der Waals surface area contributed by atoms with Crippen LogP contribution in [-0.4, -0.2) is 27.8 Å². The Morgan fingerprint density at radius 1 is 1.26 bits per heavy atom. The second-order valence-corrected chi connectivity index (χ2v) is 6.50. The van der Waals surface area contributed by atoms with Crippen molar-refractivity contribution in [2.45, 2.75) is 32.2 Å². The zero-order valence-electron chi connectivity index (χ0n) is 13.5. The Kier molecular flexibility index (Phi) is 5.06. The lowest BCUT2D eigenvalue weighted by molar-refractivity contribution is 0.161. The third kappa shape index (κ3) is 4.16. The molecular formula is C18H23F2N3. The van der Waals surface area contributed by atoms with Gasteiger partial charge in [0.15, 0.2) is 0 Å². The van der Waals surface area contributed by atoms with Crippen molar-refractivity contribution in [3.8, 4) is 0 Å². The summed E-state index contributed by atoms with van der Waals surface area (Å²) in [5, 5.41) is 4.20. The van der Waals surface area contributed by atoms with E-state index in [1.54, 1.807) is 0 Å². The molecule has 3 nitrogen and oxygen atoms in total. The first-order chi connectivity index (χ1) is 11.1. The van der Waals surface area contributed by atoms with E-state index < -0.39 is 11.6 Å². The average Bonchev–Trinajstić information content (AvgIpc) is 2.92. The van der Waals surface area contributed by atoms with Crippen molar-refractivity contribution in [2.75, 3.05) is 13.1 Å². The maximum Gasteiger partial charge on any atom is 0.129 e. The molecule has 1 atom stereocenters. The number of piperidine rings is 1. The summed E-state index contributed by atoms with van der Waals surface area (Å²) < 4.78 is 29.2. The molecule has 0 unspecified atom stereocenters. The lowest BCUT2D eigenvalue weighted by Gasteiger charge is -2.32. The van der Waals surface area contributed by atoms with E-state index in [0.717, 1.165) is 38.9 Å². The van der Waals surface area contributed by atoms with E-state index in [-0.39, 0.29) is 5.56 Å². The first-order valence-electron chi connectivity index (χ1n) is 8.24. The molecule has 1 aliphatic heterocycles. The number of hydrogen-bond acceptors (Lipinski definition) is 2. The van der Waals surface area contributed by atoms with Crippen molar-refractivity contribution >= 4 is 0 Å². The van der Waals surface area contributed by atoms with Gasteiger partial charge in [0.05, 0.1) is 6.20 Å². The first-order valence-corrected chi connectivity index (χ1v) is 8.24. The maximum atomic E-state index is 13.7. The fraction of sp³-hybridized carbons (Fsp3) is 0.500. The summed E-state index contributed by atoms with van der Waals surface area (Å²) in [4.78, 5) is 2.42. The number of aromatic nitrogens is 2. The highest BCUT2D eigenvalue weighted by Crippen LogP contribution is 2.24. The molecule has 1 aliphatic rings. The Hall–Kier alpha value is -1.75. The van der Waals surface area contributed by atoms with Crippen molar-refractivity contribution in [3.63, 3.8) is 0 Å². The zero-order valence-corrected chi connectivity index (χ0v) is 13.5. The van der Waals surface area contributed by atoms with Crippen LogP contribution in [0, 0.1) is 17.6 Å². The smallest absolute Gasteiger partial charge is 0.129 e. The van der Waals surface area contributed by atoms with Gasteiger partial charge in [-0.25, -0.2) is 8.78 Å². The molecule has 5 heteroatoms. The zero-order chi connectivity index (χ0) is 16.2. The van der Waals surface area contributed by atoms with Gasteiger partial charge in [0, 0.05) is 37.5 Å². The highest BCUT2D eigenvalue weighted by Gasteiger charge is 2.21. The monoisotopic (exact) mass is 319 g/mol. The molecule has 1 aromatic carbocycles. The van der Waals surface area contributed by atoms with Crippen LogP contribution >= 0.6 is 0 Å². The van der Waals surface area contributed by atoms with Gasteiger partial charge in [-0.05, 0) is 50.3 Å². The Morgan fingerprint density at radius 2 is 2.04 bits per heavy atom. The number of halogens is 2. The summed E-state index contributed by atoms with van der Waals surface area (Å²) >= 11 is 0. The molecule has 0 radical (unpaired) electrons. The van der Waals surface area contributed by atoms with Gasteiger partial charge in [-0.2, -0.15) is 5.10 Å². The standard InChI is InChI=1S/C18H23F2N3/c1-22-11-15(10-21-22)13-23-9-3-4-14(12-23)7-8-16-17(19)5-2-6-18(16)20/h2,5-6,10-11,14H,3-4,7-9,12-13H2,1H3/t14-/m0/s1. The Morgan fingerprint density at radius 3 is 2.74 bits per heavy atom. The highest BCUT2D eigenvalue weighted by atomic mass is 19.1. The minimum Gasteiger partial charge on any atom is -0.299 e. The summed E-state index contributed by atoms with van der Waals surface area (Å²) in [7, 11) is 1.92. The molecule has 2 heterocycles. The number of aryl methyl sites for hydroxylation is 1. The topological polar surface area (TPSA) is 21.1 Å². The maximum absolute atomic E-state index is 13.7. The first kappa shape index (κ1) is 16.1. The predicted molar refractivity (Wildman–Crippen MR) is 85.9 cm³/mol. The summed E-state index contributed by atoms with van der Waals surface area (Å²) in [5.41, 5.74) is 1.45. The molecule has 23 heavy (non-hydrogen) atoms. The summed E-state index contributed by atoms with van der Waals surface area (Å²) in [6, 6.07) is 4.10. The van der Waals surface area contributed by atoms with Crippen LogP contribution in [0.4, 0.5) is 8.78 Å². The second kappa shape index (κ2) is 7.21. The Labute approximate surface area is 135 Å². The van der Waals surface area contributed by atoms with E-state index in [9.17, 15) is 8.78 Å². The molecule has 0 bridgehead atoms. The van der Waals surface area contributed by atoms with Gasteiger partial charge in [0.2, 0.25) is 0 Å². The van der Waals surface area contributed by atoms with Crippen LogP contribution in [0.15, 0.2) is 30.6 Å². The summed E-state index contributed by atoms with van der Waals surface area (Å²) in [5.74, 6) is -0.347. The Balaban J connectivity index is 1.54. The van der Waals surface area contributed by atoms with Crippen LogP contribution in [0.2, 0.25) is 0 Å². The number of hydrogen-bond donors (Lipinski definition) is 0. The van der Waals surface area contributed by atoms with Gasteiger partial charge in [0.1, 0.15) is 11.6 Å². The van der Waals surface area contributed by atoms with E-state index in [1.165, 1.54) is 23.8 Å². The van der Waals surface area contributed by atoms with Crippen LogP contribution in [0.25, 0.3) is 0 Å².